The minimum absolute atomic E-state index is 0.397. The van der Waals surface area contributed by atoms with E-state index < -0.39 is 24.0 Å². The number of benzene rings is 1. The van der Waals surface area contributed by atoms with Gasteiger partial charge in [-0.25, -0.2) is 0 Å². The van der Waals surface area contributed by atoms with Gasteiger partial charge in [-0.2, -0.15) is 0 Å². The predicted octanol–water partition coefficient (Wildman–Crippen LogP) is 0.744. The summed E-state index contributed by atoms with van der Waals surface area (Å²) in [5.41, 5.74) is 12.1. The molecule has 0 amide bonds. The Morgan fingerprint density at radius 3 is 2.41 bits per heavy atom. The lowest BCUT2D eigenvalue weighted by molar-refractivity contribution is -0.129. The SMILES string of the molecule is CCCC(N)C(N)C(=O)C(O)c1ccccc1. The summed E-state index contributed by atoms with van der Waals surface area (Å²) in [7, 11) is 0. The van der Waals surface area contributed by atoms with Crippen molar-refractivity contribution in [1.29, 1.82) is 0 Å². The fourth-order valence-corrected chi connectivity index (χ4v) is 1.71. The summed E-state index contributed by atoms with van der Waals surface area (Å²) in [5.74, 6) is -0.419. The minimum Gasteiger partial charge on any atom is -0.380 e. The van der Waals surface area contributed by atoms with Gasteiger partial charge in [-0.05, 0) is 12.0 Å². The van der Waals surface area contributed by atoms with E-state index in [0.29, 0.717) is 12.0 Å². The van der Waals surface area contributed by atoms with Gasteiger partial charge in [0.1, 0.15) is 6.10 Å². The summed E-state index contributed by atoms with van der Waals surface area (Å²) < 4.78 is 0. The van der Waals surface area contributed by atoms with Crippen LogP contribution in [0.25, 0.3) is 0 Å². The molecule has 1 aromatic rings. The van der Waals surface area contributed by atoms with Crippen molar-refractivity contribution in [3.05, 3.63) is 35.9 Å². The molecule has 4 nitrogen and oxygen atoms in total. The number of hydrogen-bond donors (Lipinski definition) is 3. The van der Waals surface area contributed by atoms with Gasteiger partial charge in [-0.15, -0.1) is 0 Å². The van der Waals surface area contributed by atoms with Crippen molar-refractivity contribution in [3.8, 4) is 0 Å². The fraction of sp³-hybridized carbons (Fsp3) is 0.462. The molecule has 5 N–H and O–H groups in total. The van der Waals surface area contributed by atoms with Gasteiger partial charge < -0.3 is 16.6 Å². The van der Waals surface area contributed by atoms with E-state index in [9.17, 15) is 9.90 Å². The Bertz CT molecular complexity index is 354. The number of nitrogens with two attached hydrogens (primary N) is 2. The predicted molar refractivity (Wildman–Crippen MR) is 67.3 cm³/mol. The number of hydrogen-bond acceptors (Lipinski definition) is 4. The second-order valence-corrected chi connectivity index (χ2v) is 4.19. The quantitative estimate of drug-likeness (QED) is 0.679. The molecule has 3 atom stereocenters. The van der Waals surface area contributed by atoms with Crippen LogP contribution in [-0.2, 0) is 4.79 Å². The lowest BCUT2D eigenvalue weighted by atomic mass is 9.94. The second kappa shape index (κ2) is 6.49. The molecule has 0 bridgehead atoms. The Morgan fingerprint density at radius 1 is 1.29 bits per heavy atom. The first kappa shape index (κ1) is 13.8. The van der Waals surface area contributed by atoms with Crippen LogP contribution in [-0.4, -0.2) is 23.0 Å². The monoisotopic (exact) mass is 236 g/mol. The summed E-state index contributed by atoms with van der Waals surface area (Å²) in [6.45, 7) is 1.98. The Morgan fingerprint density at radius 2 is 1.88 bits per heavy atom. The number of carbonyl (C=O) groups excluding carboxylic acids is 1. The van der Waals surface area contributed by atoms with Crippen molar-refractivity contribution in [1.82, 2.24) is 0 Å². The summed E-state index contributed by atoms with van der Waals surface area (Å²) in [6.07, 6.45) is 0.354. The van der Waals surface area contributed by atoms with E-state index in [-0.39, 0.29) is 0 Å². The van der Waals surface area contributed by atoms with Crippen LogP contribution in [0, 0.1) is 0 Å². The van der Waals surface area contributed by atoms with Crippen LogP contribution in [0.1, 0.15) is 31.4 Å². The number of aliphatic hydroxyl groups excluding tert-OH is 1. The summed E-state index contributed by atoms with van der Waals surface area (Å²) in [6, 6.07) is 7.54. The van der Waals surface area contributed by atoms with Crippen molar-refractivity contribution in [3.63, 3.8) is 0 Å². The molecule has 0 aromatic heterocycles. The standard InChI is InChI=1S/C13H20N2O2/c1-2-6-10(14)11(15)13(17)12(16)9-7-4-3-5-8-9/h3-5,7-8,10-12,16H,2,6,14-15H2,1H3. The average Bonchev–Trinajstić information content (AvgIpc) is 2.37. The van der Waals surface area contributed by atoms with Gasteiger partial charge in [0, 0.05) is 6.04 Å². The molecule has 1 rings (SSSR count). The highest BCUT2D eigenvalue weighted by Crippen LogP contribution is 2.15. The van der Waals surface area contributed by atoms with Crippen LogP contribution >= 0.6 is 0 Å². The summed E-state index contributed by atoms with van der Waals surface area (Å²) in [5, 5.41) is 9.89. The number of carbonyl (C=O) groups is 1. The molecule has 94 valence electrons. The number of rotatable bonds is 6. The third-order valence-electron chi connectivity index (χ3n) is 2.80. The zero-order chi connectivity index (χ0) is 12.8. The van der Waals surface area contributed by atoms with Gasteiger partial charge in [-0.1, -0.05) is 43.7 Å². The van der Waals surface area contributed by atoms with E-state index in [1.165, 1.54) is 0 Å². The molecule has 0 spiro atoms. The highest BCUT2D eigenvalue weighted by atomic mass is 16.3. The lowest BCUT2D eigenvalue weighted by Gasteiger charge is -2.21. The molecule has 0 radical (unpaired) electrons. The zero-order valence-electron chi connectivity index (χ0n) is 10.0. The van der Waals surface area contributed by atoms with E-state index >= 15 is 0 Å². The molecular formula is C13H20N2O2. The van der Waals surface area contributed by atoms with Crippen molar-refractivity contribution in [2.45, 2.75) is 38.0 Å². The lowest BCUT2D eigenvalue weighted by Crippen LogP contribution is -2.48. The summed E-state index contributed by atoms with van der Waals surface area (Å²) >= 11 is 0. The van der Waals surface area contributed by atoms with Crippen molar-refractivity contribution < 1.29 is 9.90 Å². The fourth-order valence-electron chi connectivity index (χ4n) is 1.71. The van der Waals surface area contributed by atoms with Crippen LogP contribution in [0.15, 0.2) is 30.3 Å². The van der Waals surface area contributed by atoms with Crippen LogP contribution in [0.4, 0.5) is 0 Å². The van der Waals surface area contributed by atoms with Gasteiger partial charge in [0.25, 0.3) is 0 Å². The van der Waals surface area contributed by atoms with Crippen LogP contribution in [0.3, 0.4) is 0 Å². The van der Waals surface area contributed by atoms with E-state index in [1.54, 1.807) is 24.3 Å². The van der Waals surface area contributed by atoms with E-state index in [0.717, 1.165) is 6.42 Å². The van der Waals surface area contributed by atoms with Gasteiger partial charge in [0.15, 0.2) is 5.78 Å². The van der Waals surface area contributed by atoms with Gasteiger partial charge in [0.05, 0.1) is 6.04 Å². The third kappa shape index (κ3) is 3.63. The number of ketones is 1. The van der Waals surface area contributed by atoms with Gasteiger partial charge >= 0.3 is 0 Å². The number of aliphatic hydroxyl groups is 1. The van der Waals surface area contributed by atoms with Crippen molar-refractivity contribution in [2.75, 3.05) is 0 Å². The molecule has 1 aromatic carbocycles. The van der Waals surface area contributed by atoms with Gasteiger partial charge in [-0.3, -0.25) is 4.79 Å². The van der Waals surface area contributed by atoms with E-state index in [2.05, 4.69) is 0 Å². The highest BCUT2D eigenvalue weighted by Gasteiger charge is 2.27. The Labute approximate surface area is 102 Å². The Hall–Kier alpha value is -1.23. The maximum atomic E-state index is 11.9. The van der Waals surface area contributed by atoms with E-state index in [1.807, 2.05) is 13.0 Å². The zero-order valence-corrected chi connectivity index (χ0v) is 10.0. The Balaban J connectivity index is 2.70. The molecule has 0 aliphatic carbocycles. The minimum atomic E-state index is -1.19. The van der Waals surface area contributed by atoms with E-state index in [4.69, 9.17) is 11.5 Å². The largest absolute Gasteiger partial charge is 0.380 e. The molecule has 0 aliphatic heterocycles. The molecular weight excluding hydrogens is 216 g/mol. The molecule has 0 heterocycles. The molecule has 0 saturated heterocycles. The first-order valence-corrected chi connectivity index (χ1v) is 5.85. The topological polar surface area (TPSA) is 89.3 Å². The van der Waals surface area contributed by atoms with Gasteiger partial charge in [0.2, 0.25) is 0 Å². The smallest absolute Gasteiger partial charge is 0.183 e. The molecule has 3 unspecified atom stereocenters. The molecule has 0 saturated carbocycles. The summed E-state index contributed by atoms with van der Waals surface area (Å²) in [4.78, 5) is 11.9. The maximum Gasteiger partial charge on any atom is 0.183 e. The molecule has 0 fully saturated rings. The molecule has 17 heavy (non-hydrogen) atoms. The normalized spacial score (nSPS) is 16.2. The average molecular weight is 236 g/mol. The third-order valence-corrected chi connectivity index (χ3v) is 2.80. The van der Waals surface area contributed by atoms with Crippen molar-refractivity contribution >= 4 is 5.78 Å². The second-order valence-electron chi connectivity index (χ2n) is 4.19. The first-order valence-electron chi connectivity index (χ1n) is 5.85. The highest BCUT2D eigenvalue weighted by molar-refractivity contribution is 5.89. The maximum absolute atomic E-state index is 11.9. The molecule has 4 heteroatoms. The van der Waals surface area contributed by atoms with Crippen LogP contribution < -0.4 is 11.5 Å². The van der Waals surface area contributed by atoms with Crippen molar-refractivity contribution in [2.24, 2.45) is 11.5 Å². The van der Waals surface area contributed by atoms with Crippen LogP contribution in [0.2, 0.25) is 0 Å². The number of Topliss-reactive ketones (excluding diaryl/α,β-unsaturated/α-hetero) is 1. The molecule has 0 aliphatic rings. The Kier molecular flexibility index (Phi) is 5.28. The van der Waals surface area contributed by atoms with Crippen LogP contribution in [0.5, 0.6) is 0 Å². The first-order chi connectivity index (χ1) is 8.07.